The maximum atomic E-state index is 5.89. The molecule has 0 heterocycles. The zero-order chi connectivity index (χ0) is 15.9. The normalized spacial score (nSPS) is 11.8. The van der Waals surface area contributed by atoms with Crippen molar-refractivity contribution < 1.29 is 9.47 Å². The van der Waals surface area contributed by atoms with Crippen LogP contribution in [0.15, 0.2) is 57.5 Å². The summed E-state index contributed by atoms with van der Waals surface area (Å²) < 4.78 is 13.9. The molecule has 22 heavy (non-hydrogen) atoms. The molecule has 0 saturated heterocycles. The summed E-state index contributed by atoms with van der Waals surface area (Å²) in [6.07, 6.45) is 0. The van der Waals surface area contributed by atoms with Gasteiger partial charge in [-0.1, -0.05) is 31.9 Å². The van der Waals surface area contributed by atoms with Crippen molar-refractivity contribution in [1.82, 2.24) is 0 Å². The Morgan fingerprint density at radius 3 is 1.27 bits per heavy atom. The van der Waals surface area contributed by atoms with Gasteiger partial charge in [0.2, 0.25) is 0 Å². The predicted molar refractivity (Wildman–Crippen MR) is 98.4 cm³/mol. The summed E-state index contributed by atoms with van der Waals surface area (Å²) in [4.78, 5) is 0. The van der Waals surface area contributed by atoms with Gasteiger partial charge in [-0.15, -0.1) is 0 Å². The molecule has 0 aliphatic carbocycles. The number of hydrogen-bond acceptors (Lipinski definition) is 2. The van der Waals surface area contributed by atoms with Crippen molar-refractivity contribution in [2.75, 3.05) is 13.2 Å². The smallest absolute Gasteiger partial charge is 0.168 e. The number of rotatable bonds is 6. The molecule has 0 bridgehead atoms. The second-order valence-corrected chi connectivity index (χ2v) is 6.37. The maximum absolute atomic E-state index is 5.89. The van der Waals surface area contributed by atoms with Crippen LogP contribution in [-0.4, -0.2) is 13.2 Å². The van der Waals surface area contributed by atoms with Crippen LogP contribution in [0.5, 0.6) is 0 Å². The van der Waals surface area contributed by atoms with Crippen LogP contribution in [0, 0.1) is 0 Å². The molecule has 0 unspecified atom stereocenters. The summed E-state index contributed by atoms with van der Waals surface area (Å²) >= 11 is 6.92. The molecule has 0 fully saturated rings. The van der Waals surface area contributed by atoms with Crippen LogP contribution in [0.1, 0.15) is 25.0 Å². The average molecular weight is 426 g/mol. The molecule has 0 N–H and O–H groups in total. The van der Waals surface area contributed by atoms with E-state index in [0.717, 1.165) is 31.6 Å². The molecule has 0 atom stereocenters. The second-order valence-electron chi connectivity index (χ2n) is 4.54. The van der Waals surface area contributed by atoms with Crippen LogP contribution >= 0.6 is 31.9 Å². The highest BCUT2D eigenvalue weighted by molar-refractivity contribution is 9.10. The summed E-state index contributed by atoms with van der Waals surface area (Å²) in [5, 5.41) is 0. The Kier molecular flexibility index (Phi) is 6.52. The van der Waals surface area contributed by atoms with Gasteiger partial charge < -0.3 is 9.47 Å². The third-order valence-electron chi connectivity index (χ3n) is 3.00. The maximum Gasteiger partial charge on any atom is 0.168 e. The minimum absolute atomic E-state index is 0.582. The zero-order valence-corrected chi connectivity index (χ0v) is 15.8. The molecule has 116 valence electrons. The minimum atomic E-state index is 0.582. The molecule has 4 heteroatoms. The van der Waals surface area contributed by atoms with E-state index in [-0.39, 0.29) is 0 Å². The molecule has 2 aromatic rings. The van der Waals surface area contributed by atoms with E-state index < -0.39 is 0 Å². The van der Waals surface area contributed by atoms with Crippen molar-refractivity contribution in [3.63, 3.8) is 0 Å². The first-order chi connectivity index (χ1) is 10.7. The van der Waals surface area contributed by atoms with E-state index in [9.17, 15) is 0 Å². The molecule has 0 aliphatic heterocycles. The lowest BCUT2D eigenvalue weighted by Crippen LogP contribution is -2.01. The summed E-state index contributed by atoms with van der Waals surface area (Å²) in [5.41, 5.74) is 1.99. The van der Waals surface area contributed by atoms with Crippen molar-refractivity contribution in [2.24, 2.45) is 0 Å². The minimum Gasteiger partial charge on any atom is -0.489 e. The first-order valence-electron chi connectivity index (χ1n) is 7.17. The van der Waals surface area contributed by atoms with Gasteiger partial charge in [-0.3, -0.25) is 0 Å². The topological polar surface area (TPSA) is 18.5 Å². The summed E-state index contributed by atoms with van der Waals surface area (Å²) in [6.45, 7) is 5.12. The molecule has 0 aliphatic rings. The van der Waals surface area contributed by atoms with Gasteiger partial charge in [0.05, 0.1) is 13.2 Å². The molecular weight excluding hydrogens is 408 g/mol. The molecule has 0 radical (unpaired) electrons. The Bertz CT molecular complexity index is 574. The van der Waals surface area contributed by atoms with Gasteiger partial charge in [-0.2, -0.15) is 0 Å². The van der Waals surface area contributed by atoms with E-state index in [2.05, 4.69) is 31.9 Å². The predicted octanol–water partition coefficient (Wildman–Crippen LogP) is 6.11. The van der Waals surface area contributed by atoms with E-state index in [1.807, 2.05) is 62.4 Å². The van der Waals surface area contributed by atoms with E-state index in [4.69, 9.17) is 9.47 Å². The lowest BCUT2D eigenvalue weighted by molar-refractivity contribution is 0.261. The third-order valence-corrected chi connectivity index (χ3v) is 4.05. The molecule has 2 nitrogen and oxygen atoms in total. The summed E-state index contributed by atoms with van der Waals surface area (Å²) in [7, 11) is 0. The fourth-order valence-corrected chi connectivity index (χ4v) is 2.58. The van der Waals surface area contributed by atoms with Gasteiger partial charge in [0.25, 0.3) is 0 Å². The van der Waals surface area contributed by atoms with Gasteiger partial charge in [0, 0.05) is 20.1 Å². The number of halogens is 2. The Balaban J connectivity index is 2.55. The van der Waals surface area contributed by atoms with Crippen LogP contribution in [0.25, 0.3) is 11.5 Å². The number of hydrogen-bond donors (Lipinski definition) is 0. The van der Waals surface area contributed by atoms with E-state index in [1.165, 1.54) is 0 Å². The molecule has 0 aromatic heterocycles. The van der Waals surface area contributed by atoms with Crippen LogP contribution in [-0.2, 0) is 9.47 Å². The highest BCUT2D eigenvalue weighted by Gasteiger charge is 2.14. The Morgan fingerprint density at radius 1 is 0.682 bits per heavy atom. The molecule has 0 amide bonds. The first-order valence-corrected chi connectivity index (χ1v) is 8.76. The van der Waals surface area contributed by atoms with Crippen molar-refractivity contribution in [3.05, 3.63) is 68.6 Å². The fourth-order valence-electron chi connectivity index (χ4n) is 2.05. The quantitative estimate of drug-likeness (QED) is 0.410. The highest BCUT2D eigenvalue weighted by atomic mass is 79.9. The SMILES string of the molecule is CCO/C(=C(/OCC)c1ccc(Br)cc1)c1ccc(Br)cc1. The van der Waals surface area contributed by atoms with Crippen molar-refractivity contribution in [3.8, 4) is 0 Å². The number of ether oxygens (including phenoxy) is 2. The van der Waals surface area contributed by atoms with Crippen molar-refractivity contribution in [1.29, 1.82) is 0 Å². The lowest BCUT2D eigenvalue weighted by atomic mass is 10.1. The van der Waals surface area contributed by atoms with E-state index >= 15 is 0 Å². The molecular formula is C18H18Br2O2. The standard InChI is InChI=1S/C18H18Br2O2/c1-3-21-17(13-5-9-15(19)10-6-13)18(22-4-2)14-7-11-16(20)12-8-14/h5-12H,3-4H2,1-2H3/b18-17+. The fraction of sp³-hybridized carbons (Fsp3) is 0.222. The summed E-state index contributed by atoms with van der Waals surface area (Å²) in [6, 6.07) is 16.1. The molecule has 0 saturated carbocycles. The van der Waals surface area contributed by atoms with Gasteiger partial charge in [0.15, 0.2) is 11.5 Å². The second kappa shape index (κ2) is 8.39. The van der Waals surface area contributed by atoms with Crippen molar-refractivity contribution in [2.45, 2.75) is 13.8 Å². The van der Waals surface area contributed by atoms with Gasteiger partial charge in [-0.25, -0.2) is 0 Å². The lowest BCUT2D eigenvalue weighted by Gasteiger charge is -2.17. The Morgan fingerprint density at radius 2 is 1.00 bits per heavy atom. The van der Waals surface area contributed by atoms with Crippen molar-refractivity contribution >= 4 is 43.4 Å². The average Bonchev–Trinajstić information content (AvgIpc) is 2.53. The van der Waals surface area contributed by atoms with Crippen LogP contribution < -0.4 is 0 Å². The van der Waals surface area contributed by atoms with Gasteiger partial charge >= 0.3 is 0 Å². The van der Waals surface area contributed by atoms with Gasteiger partial charge in [-0.05, 0) is 62.4 Å². The van der Waals surface area contributed by atoms with E-state index in [0.29, 0.717) is 13.2 Å². The van der Waals surface area contributed by atoms with Crippen LogP contribution in [0.4, 0.5) is 0 Å². The van der Waals surface area contributed by atoms with Crippen LogP contribution in [0.3, 0.4) is 0 Å². The Labute approximate surface area is 148 Å². The number of benzene rings is 2. The summed E-state index contributed by atoms with van der Waals surface area (Å²) in [5.74, 6) is 1.53. The third kappa shape index (κ3) is 4.37. The largest absolute Gasteiger partial charge is 0.489 e. The monoisotopic (exact) mass is 424 g/mol. The zero-order valence-electron chi connectivity index (χ0n) is 12.6. The molecule has 2 aromatic carbocycles. The molecule has 0 spiro atoms. The van der Waals surface area contributed by atoms with E-state index in [1.54, 1.807) is 0 Å². The Hall–Kier alpha value is -1.26. The molecule has 2 rings (SSSR count). The van der Waals surface area contributed by atoms with Gasteiger partial charge in [0.1, 0.15) is 0 Å². The van der Waals surface area contributed by atoms with Crippen LogP contribution in [0.2, 0.25) is 0 Å². The first kappa shape index (κ1) is 17.1. The highest BCUT2D eigenvalue weighted by Crippen LogP contribution is 2.30.